The fraction of sp³-hybridized carbons (Fsp3) is 0.133. The predicted octanol–water partition coefficient (Wildman–Crippen LogP) is 3.88. The molecule has 0 aliphatic heterocycles. The minimum absolute atomic E-state index is 0.164. The molecule has 1 aromatic carbocycles. The lowest BCUT2D eigenvalue weighted by atomic mass is 10.1. The Bertz CT molecular complexity index is 861. The van der Waals surface area contributed by atoms with Crippen LogP contribution in [-0.4, -0.2) is 27.2 Å². The molecule has 7 heteroatoms. The SMILES string of the molecule is CCOC(=O)c1cnc2c(-c3cccc(Cl)c3)cnn2c1Cl. The molecule has 5 nitrogen and oxygen atoms in total. The summed E-state index contributed by atoms with van der Waals surface area (Å²) in [6.07, 6.45) is 3.03. The van der Waals surface area contributed by atoms with Crippen LogP contribution < -0.4 is 0 Å². The zero-order valence-electron chi connectivity index (χ0n) is 11.6. The third-order valence-corrected chi connectivity index (χ3v) is 3.70. The van der Waals surface area contributed by atoms with Gasteiger partial charge in [-0.3, -0.25) is 0 Å². The van der Waals surface area contributed by atoms with E-state index >= 15 is 0 Å². The highest BCUT2D eigenvalue weighted by molar-refractivity contribution is 6.32. The van der Waals surface area contributed by atoms with Crippen LogP contribution in [0.15, 0.2) is 36.7 Å². The van der Waals surface area contributed by atoms with Crippen LogP contribution in [0.3, 0.4) is 0 Å². The van der Waals surface area contributed by atoms with E-state index in [0.717, 1.165) is 11.1 Å². The minimum atomic E-state index is -0.526. The van der Waals surface area contributed by atoms with E-state index in [1.54, 1.807) is 19.2 Å². The number of carbonyl (C=O) groups excluding carboxylic acids is 1. The summed E-state index contributed by atoms with van der Waals surface area (Å²) in [7, 11) is 0. The van der Waals surface area contributed by atoms with E-state index in [0.29, 0.717) is 10.7 Å². The van der Waals surface area contributed by atoms with Crippen molar-refractivity contribution in [3.05, 3.63) is 52.4 Å². The summed E-state index contributed by atoms with van der Waals surface area (Å²) < 4.78 is 6.35. The lowest BCUT2D eigenvalue weighted by Crippen LogP contribution is -2.09. The molecule has 22 heavy (non-hydrogen) atoms. The number of esters is 1. The number of rotatable bonds is 3. The first-order chi connectivity index (χ1) is 10.6. The third-order valence-electron chi connectivity index (χ3n) is 3.10. The van der Waals surface area contributed by atoms with Crippen molar-refractivity contribution >= 4 is 34.8 Å². The standard InChI is InChI=1S/C15H11Cl2N3O2/c1-2-22-15(21)12-7-18-14-11(8-19-20(14)13(12)17)9-4-3-5-10(16)6-9/h3-8H,2H2,1H3. The van der Waals surface area contributed by atoms with Crippen LogP contribution >= 0.6 is 23.2 Å². The van der Waals surface area contributed by atoms with Gasteiger partial charge in [0.2, 0.25) is 0 Å². The van der Waals surface area contributed by atoms with Gasteiger partial charge in [-0.1, -0.05) is 35.3 Å². The lowest BCUT2D eigenvalue weighted by Gasteiger charge is -2.05. The topological polar surface area (TPSA) is 56.5 Å². The van der Waals surface area contributed by atoms with Crippen molar-refractivity contribution < 1.29 is 9.53 Å². The quantitative estimate of drug-likeness (QED) is 0.538. The molecule has 0 bridgehead atoms. The molecule has 3 rings (SSSR count). The highest BCUT2D eigenvalue weighted by Crippen LogP contribution is 2.28. The Morgan fingerprint density at radius 1 is 1.32 bits per heavy atom. The number of hydrogen-bond acceptors (Lipinski definition) is 4. The molecule has 0 aliphatic rings. The summed E-state index contributed by atoms with van der Waals surface area (Å²) in [6.45, 7) is 1.99. The Hall–Kier alpha value is -2.11. The van der Waals surface area contributed by atoms with Gasteiger partial charge in [0, 0.05) is 16.8 Å². The van der Waals surface area contributed by atoms with E-state index in [4.69, 9.17) is 27.9 Å². The average Bonchev–Trinajstić information content (AvgIpc) is 2.92. The average molecular weight is 336 g/mol. The number of halogens is 2. The van der Waals surface area contributed by atoms with Crippen LogP contribution in [0.1, 0.15) is 17.3 Å². The monoisotopic (exact) mass is 335 g/mol. The minimum Gasteiger partial charge on any atom is -0.462 e. The lowest BCUT2D eigenvalue weighted by molar-refractivity contribution is 0.0525. The predicted molar refractivity (Wildman–Crippen MR) is 84.4 cm³/mol. The first kappa shape index (κ1) is 14.8. The van der Waals surface area contributed by atoms with E-state index < -0.39 is 5.97 Å². The summed E-state index contributed by atoms with van der Waals surface area (Å²) in [4.78, 5) is 16.1. The molecule has 2 heterocycles. The van der Waals surface area contributed by atoms with Gasteiger partial charge < -0.3 is 4.74 Å². The largest absolute Gasteiger partial charge is 0.462 e. The molecular weight excluding hydrogens is 325 g/mol. The summed E-state index contributed by atoms with van der Waals surface area (Å²) in [6, 6.07) is 7.34. The molecule has 0 radical (unpaired) electrons. The highest BCUT2D eigenvalue weighted by Gasteiger charge is 2.18. The first-order valence-electron chi connectivity index (χ1n) is 6.57. The number of benzene rings is 1. The van der Waals surface area contributed by atoms with Crippen LogP contribution in [0.25, 0.3) is 16.8 Å². The Balaban J connectivity index is 2.14. The number of carbonyl (C=O) groups is 1. The Morgan fingerprint density at radius 3 is 2.86 bits per heavy atom. The van der Waals surface area contributed by atoms with Crippen LogP contribution in [0.2, 0.25) is 10.2 Å². The van der Waals surface area contributed by atoms with E-state index in [1.165, 1.54) is 10.7 Å². The molecular formula is C15H11Cl2N3O2. The maximum Gasteiger partial charge on any atom is 0.342 e. The zero-order chi connectivity index (χ0) is 15.7. The molecule has 0 aliphatic carbocycles. The molecule has 0 spiro atoms. The van der Waals surface area contributed by atoms with E-state index in [9.17, 15) is 4.79 Å². The molecule has 0 N–H and O–H groups in total. The van der Waals surface area contributed by atoms with E-state index in [2.05, 4.69) is 10.1 Å². The molecule has 0 amide bonds. The molecule has 0 fully saturated rings. The van der Waals surface area contributed by atoms with Crippen LogP contribution in [0.4, 0.5) is 0 Å². The van der Waals surface area contributed by atoms with Gasteiger partial charge in [0.15, 0.2) is 5.65 Å². The van der Waals surface area contributed by atoms with Crippen molar-refractivity contribution in [3.8, 4) is 11.1 Å². The molecule has 2 aromatic heterocycles. The van der Waals surface area contributed by atoms with Crippen molar-refractivity contribution in [2.45, 2.75) is 6.92 Å². The van der Waals surface area contributed by atoms with Crippen molar-refractivity contribution in [2.75, 3.05) is 6.61 Å². The van der Waals surface area contributed by atoms with Gasteiger partial charge in [0.25, 0.3) is 0 Å². The molecule has 3 aromatic rings. The number of hydrogen-bond donors (Lipinski definition) is 0. The van der Waals surface area contributed by atoms with Crippen molar-refractivity contribution in [3.63, 3.8) is 0 Å². The summed E-state index contributed by atoms with van der Waals surface area (Å²) in [5.74, 6) is -0.526. The van der Waals surface area contributed by atoms with Gasteiger partial charge in [0.1, 0.15) is 10.7 Å². The van der Waals surface area contributed by atoms with E-state index in [1.807, 2.05) is 18.2 Å². The normalized spacial score (nSPS) is 10.9. The molecule has 0 saturated heterocycles. The fourth-order valence-electron chi connectivity index (χ4n) is 2.11. The Labute approximate surface area is 136 Å². The number of nitrogens with zero attached hydrogens (tertiary/aromatic N) is 3. The van der Waals surface area contributed by atoms with Gasteiger partial charge in [-0.15, -0.1) is 0 Å². The van der Waals surface area contributed by atoms with Gasteiger partial charge >= 0.3 is 5.97 Å². The molecule has 0 atom stereocenters. The Morgan fingerprint density at radius 2 is 2.14 bits per heavy atom. The van der Waals surface area contributed by atoms with Gasteiger partial charge in [-0.2, -0.15) is 5.10 Å². The van der Waals surface area contributed by atoms with Crippen LogP contribution in [-0.2, 0) is 4.74 Å². The van der Waals surface area contributed by atoms with Crippen molar-refractivity contribution in [1.29, 1.82) is 0 Å². The van der Waals surface area contributed by atoms with E-state index in [-0.39, 0.29) is 17.3 Å². The number of aromatic nitrogens is 3. The fourth-order valence-corrected chi connectivity index (χ4v) is 2.55. The molecule has 0 unspecified atom stereocenters. The van der Waals surface area contributed by atoms with Gasteiger partial charge in [-0.05, 0) is 24.6 Å². The summed E-state index contributed by atoms with van der Waals surface area (Å²) >= 11 is 12.2. The first-order valence-corrected chi connectivity index (χ1v) is 7.32. The second kappa shape index (κ2) is 5.94. The maximum absolute atomic E-state index is 11.8. The van der Waals surface area contributed by atoms with Crippen LogP contribution in [0.5, 0.6) is 0 Å². The Kier molecular flexibility index (Phi) is 4.00. The maximum atomic E-state index is 11.8. The molecule has 112 valence electrons. The van der Waals surface area contributed by atoms with Crippen LogP contribution in [0, 0.1) is 0 Å². The number of ether oxygens (including phenoxy) is 1. The molecule has 0 saturated carbocycles. The van der Waals surface area contributed by atoms with Gasteiger partial charge in [-0.25, -0.2) is 14.3 Å². The summed E-state index contributed by atoms with van der Waals surface area (Å²) in [5.41, 5.74) is 2.37. The third kappa shape index (κ3) is 2.53. The zero-order valence-corrected chi connectivity index (χ0v) is 13.1. The number of fused-ring (bicyclic) bond motifs is 1. The highest BCUT2D eigenvalue weighted by atomic mass is 35.5. The van der Waals surface area contributed by atoms with Crippen molar-refractivity contribution in [1.82, 2.24) is 14.6 Å². The summed E-state index contributed by atoms with van der Waals surface area (Å²) in [5, 5.41) is 4.98. The second-order valence-electron chi connectivity index (χ2n) is 4.49. The smallest absolute Gasteiger partial charge is 0.342 e. The van der Waals surface area contributed by atoms with Gasteiger partial charge in [0.05, 0.1) is 12.8 Å². The van der Waals surface area contributed by atoms with Crippen molar-refractivity contribution in [2.24, 2.45) is 0 Å². The second-order valence-corrected chi connectivity index (χ2v) is 5.28.